The molecule has 0 aliphatic carbocycles. The van der Waals surface area contributed by atoms with Crippen molar-refractivity contribution in [3.05, 3.63) is 65.4 Å². The molecule has 0 radical (unpaired) electrons. The van der Waals surface area contributed by atoms with E-state index < -0.39 is 0 Å². The summed E-state index contributed by atoms with van der Waals surface area (Å²) in [5.41, 5.74) is 3.41. The summed E-state index contributed by atoms with van der Waals surface area (Å²) in [5.74, 6) is 0. The van der Waals surface area contributed by atoms with Gasteiger partial charge in [0.05, 0.1) is 17.2 Å². The molecule has 0 unspecified atom stereocenters. The molecule has 0 saturated carbocycles. The average Bonchev–Trinajstić information content (AvgIpc) is 3.00. The van der Waals surface area contributed by atoms with E-state index in [1.54, 1.807) is 6.33 Å². The van der Waals surface area contributed by atoms with Gasteiger partial charge >= 0.3 is 0 Å². The van der Waals surface area contributed by atoms with Crippen LogP contribution in [0, 0.1) is 0 Å². The fourth-order valence-electron chi connectivity index (χ4n) is 2.71. The largest absolute Gasteiger partial charge is 0.306 e. The Morgan fingerprint density at radius 1 is 1.04 bits per heavy atom. The van der Waals surface area contributed by atoms with Crippen LogP contribution < -0.4 is 5.32 Å². The van der Waals surface area contributed by atoms with Gasteiger partial charge in [-0.15, -0.1) is 0 Å². The van der Waals surface area contributed by atoms with Gasteiger partial charge in [0, 0.05) is 36.2 Å². The molecular formula is C18H20BrN5. The fourth-order valence-corrected chi connectivity index (χ4v) is 3.03. The Balaban J connectivity index is 1.61. The topological polar surface area (TPSA) is 55.6 Å². The molecule has 0 saturated heterocycles. The van der Waals surface area contributed by atoms with E-state index in [0.29, 0.717) is 6.04 Å². The number of hydrogen-bond donors (Lipinski definition) is 1. The third-order valence-corrected chi connectivity index (χ3v) is 4.31. The molecule has 124 valence electrons. The van der Waals surface area contributed by atoms with Gasteiger partial charge in [-0.05, 0) is 40.9 Å². The molecule has 2 atom stereocenters. The summed E-state index contributed by atoms with van der Waals surface area (Å²) in [4.78, 5) is 8.13. The minimum Gasteiger partial charge on any atom is -0.306 e. The number of hydrogen-bond acceptors (Lipinski definition) is 4. The van der Waals surface area contributed by atoms with Crippen LogP contribution in [0.5, 0.6) is 0 Å². The van der Waals surface area contributed by atoms with Crippen LogP contribution in [0.2, 0.25) is 0 Å². The van der Waals surface area contributed by atoms with E-state index in [1.165, 1.54) is 5.56 Å². The highest BCUT2D eigenvalue weighted by Gasteiger charge is 2.11. The zero-order valence-electron chi connectivity index (χ0n) is 13.7. The van der Waals surface area contributed by atoms with Crippen LogP contribution in [0.1, 0.15) is 25.5 Å². The molecule has 0 spiro atoms. The molecule has 5 nitrogen and oxygen atoms in total. The maximum absolute atomic E-state index is 4.30. The second kappa shape index (κ2) is 7.68. The van der Waals surface area contributed by atoms with Gasteiger partial charge in [0.1, 0.15) is 6.33 Å². The minimum absolute atomic E-state index is 0.264. The van der Waals surface area contributed by atoms with Gasteiger partial charge in [-0.25, -0.2) is 9.97 Å². The molecule has 0 amide bonds. The van der Waals surface area contributed by atoms with Crippen molar-refractivity contribution in [3.63, 3.8) is 0 Å². The Hall–Kier alpha value is -2.05. The van der Waals surface area contributed by atoms with Crippen molar-refractivity contribution in [1.82, 2.24) is 25.1 Å². The summed E-state index contributed by atoms with van der Waals surface area (Å²) >= 11 is 3.42. The Bertz CT molecular complexity index is 770. The monoisotopic (exact) mass is 385 g/mol. The average molecular weight is 386 g/mol. The van der Waals surface area contributed by atoms with Gasteiger partial charge in [-0.3, -0.25) is 4.68 Å². The summed E-state index contributed by atoms with van der Waals surface area (Å²) in [7, 11) is 0. The van der Waals surface area contributed by atoms with Crippen LogP contribution in [0.4, 0.5) is 0 Å². The molecule has 24 heavy (non-hydrogen) atoms. The molecule has 0 bridgehead atoms. The zero-order chi connectivity index (χ0) is 16.9. The standard InChI is InChI=1S/C18H20BrN5/c1-13(10-24-11-18(19)9-22-24)23-14(2)15-3-5-16(6-4-15)17-7-20-12-21-8-17/h3-9,11-14,23H,10H2,1-2H3/t13-,14+/m1/s1. The van der Waals surface area contributed by atoms with E-state index in [1.807, 2.05) is 29.5 Å². The highest BCUT2D eigenvalue weighted by molar-refractivity contribution is 9.10. The summed E-state index contributed by atoms with van der Waals surface area (Å²) in [6.45, 7) is 5.17. The van der Waals surface area contributed by atoms with E-state index in [4.69, 9.17) is 0 Å². The molecular weight excluding hydrogens is 366 g/mol. The lowest BCUT2D eigenvalue weighted by atomic mass is 10.0. The predicted octanol–water partition coefficient (Wildman–Crippen LogP) is 3.84. The summed E-state index contributed by atoms with van der Waals surface area (Å²) in [6.07, 6.45) is 8.99. The first-order valence-corrected chi connectivity index (χ1v) is 8.70. The lowest BCUT2D eigenvalue weighted by molar-refractivity contribution is 0.413. The molecule has 1 N–H and O–H groups in total. The van der Waals surface area contributed by atoms with Crippen LogP contribution in [-0.2, 0) is 6.54 Å². The van der Waals surface area contributed by atoms with Crippen LogP contribution in [-0.4, -0.2) is 25.8 Å². The molecule has 0 aliphatic rings. The van der Waals surface area contributed by atoms with E-state index in [-0.39, 0.29) is 6.04 Å². The number of benzene rings is 1. The van der Waals surface area contributed by atoms with Crippen molar-refractivity contribution in [2.24, 2.45) is 0 Å². The second-order valence-corrected chi connectivity index (χ2v) is 6.83. The van der Waals surface area contributed by atoms with Crippen molar-refractivity contribution >= 4 is 15.9 Å². The highest BCUT2D eigenvalue weighted by Crippen LogP contribution is 2.21. The molecule has 1 aromatic carbocycles. The molecule has 2 aromatic heterocycles. The van der Waals surface area contributed by atoms with Gasteiger partial charge in [-0.1, -0.05) is 24.3 Å². The van der Waals surface area contributed by atoms with Gasteiger partial charge in [0.2, 0.25) is 0 Å². The van der Waals surface area contributed by atoms with Crippen LogP contribution in [0.3, 0.4) is 0 Å². The Morgan fingerprint density at radius 2 is 1.75 bits per heavy atom. The first-order chi connectivity index (χ1) is 11.6. The number of nitrogens with one attached hydrogen (secondary N) is 1. The zero-order valence-corrected chi connectivity index (χ0v) is 15.3. The van der Waals surface area contributed by atoms with E-state index >= 15 is 0 Å². The molecule has 2 heterocycles. The fraction of sp³-hybridized carbons (Fsp3) is 0.278. The van der Waals surface area contributed by atoms with Gasteiger partial charge in [0.25, 0.3) is 0 Å². The predicted molar refractivity (Wildman–Crippen MR) is 98.4 cm³/mol. The van der Waals surface area contributed by atoms with Gasteiger partial charge in [-0.2, -0.15) is 5.10 Å². The first kappa shape index (κ1) is 16.8. The van der Waals surface area contributed by atoms with Crippen molar-refractivity contribution in [3.8, 4) is 11.1 Å². The van der Waals surface area contributed by atoms with Crippen LogP contribution in [0.25, 0.3) is 11.1 Å². The number of halogens is 1. The third-order valence-electron chi connectivity index (χ3n) is 3.90. The SMILES string of the molecule is C[C@H](Cn1cc(Br)cn1)N[C@@H](C)c1ccc(-c2cncnc2)cc1. The highest BCUT2D eigenvalue weighted by atomic mass is 79.9. The first-order valence-electron chi connectivity index (χ1n) is 7.91. The maximum Gasteiger partial charge on any atom is 0.115 e. The normalized spacial score (nSPS) is 13.6. The Labute approximate surface area is 150 Å². The summed E-state index contributed by atoms with van der Waals surface area (Å²) in [5, 5.41) is 7.91. The number of aromatic nitrogens is 4. The molecule has 0 fully saturated rings. The van der Waals surface area contributed by atoms with Crippen LogP contribution >= 0.6 is 15.9 Å². The molecule has 3 aromatic rings. The lowest BCUT2D eigenvalue weighted by Crippen LogP contribution is -2.32. The molecule has 6 heteroatoms. The Morgan fingerprint density at radius 3 is 2.38 bits per heavy atom. The van der Waals surface area contributed by atoms with E-state index in [0.717, 1.165) is 22.1 Å². The molecule has 0 aliphatic heterocycles. The minimum atomic E-state index is 0.264. The van der Waals surface area contributed by atoms with Crippen molar-refractivity contribution in [1.29, 1.82) is 0 Å². The van der Waals surface area contributed by atoms with Crippen LogP contribution in [0.15, 0.2) is 59.9 Å². The third kappa shape index (κ3) is 4.27. The summed E-state index contributed by atoms with van der Waals surface area (Å²) in [6, 6.07) is 9.10. The Kier molecular flexibility index (Phi) is 5.37. The van der Waals surface area contributed by atoms with Crippen molar-refractivity contribution in [2.75, 3.05) is 0 Å². The number of nitrogens with zero attached hydrogens (tertiary/aromatic N) is 4. The van der Waals surface area contributed by atoms with Crippen molar-refractivity contribution < 1.29 is 0 Å². The molecule has 3 rings (SSSR count). The van der Waals surface area contributed by atoms with E-state index in [2.05, 4.69) is 74.4 Å². The second-order valence-electron chi connectivity index (χ2n) is 5.92. The van der Waals surface area contributed by atoms with Crippen molar-refractivity contribution in [2.45, 2.75) is 32.5 Å². The lowest BCUT2D eigenvalue weighted by Gasteiger charge is -2.20. The van der Waals surface area contributed by atoms with E-state index in [9.17, 15) is 0 Å². The smallest absolute Gasteiger partial charge is 0.115 e. The maximum atomic E-state index is 4.30. The van der Waals surface area contributed by atoms with Gasteiger partial charge in [0.15, 0.2) is 0 Å². The quantitative estimate of drug-likeness (QED) is 0.700. The number of rotatable bonds is 6. The summed E-state index contributed by atoms with van der Waals surface area (Å²) < 4.78 is 2.94. The van der Waals surface area contributed by atoms with Gasteiger partial charge < -0.3 is 5.32 Å².